The van der Waals surface area contributed by atoms with Gasteiger partial charge in [-0.3, -0.25) is 9.52 Å². The molecular formula is C14H19NO3S. The lowest BCUT2D eigenvalue weighted by molar-refractivity contribution is -0.120. The van der Waals surface area contributed by atoms with Crippen LogP contribution in [0.1, 0.15) is 30.0 Å². The minimum atomic E-state index is -3.60. The van der Waals surface area contributed by atoms with Crippen molar-refractivity contribution in [3.63, 3.8) is 0 Å². The molecule has 1 aliphatic rings. The summed E-state index contributed by atoms with van der Waals surface area (Å²) in [4.78, 5) is 11.7. The Balaban J connectivity index is 2.08. The number of benzene rings is 1. The van der Waals surface area contributed by atoms with Crippen LogP contribution < -0.4 is 4.72 Å². The van der Waals surface area contributed by atoms with Crippen molar-refractivity contribution in [2.24, 2.45) is 11.8 Å². The second-order valence-electron chi connectivity index (χ2n) is 5.47. The van der Waals surface area contributed by atoms with Gasteiger partial charge in [0.15, 0.2) is 0 Å². The molecule has 0 spiro atoms. The fourth-order valence-corrected chi connectivity index (χ4v) is 3.36. The molecule has 104 valence electrons. The Labute approximate surface area is 114 Å². The summed E-state index contributed by atoms with van der Waals surface area (Å²) >= 11 is 0. The first-order chi connectivity index (χ1) is 8.78. The highest BCUT2D eigenvalue weighted by Crippen LogP contribution is 2.37. The minimum absolute atomic E-state index is 0.131. The van der Waals surface area contributed by atoms with E-state index in [1.54, 1.807) is 0 Å². The van der Waals surface area contributed by atoms with Gasteiger partial charge in [0.05, 0.1) is 5.75 Å². The summed E-state index contributed by atoms with van der Waals surface area (Å²) < 4.78 is 26.1. The third-order valence-electron chi connectivity index (χ3n) is 3.55. The van der Waals surface area contributed by atoms with Gasteiger partial charge in [0.1, 0.15) is 0 Å². The molecule has 1 aromatic rings. The molecule has 0 aliphatic heterocycles. The number of carbonyl (C=O) groups is 1. The zero-order valence-corrected chi connectivity index (χ0v) is 12.3. The lowest BCUT2D eigenvalue weighted by atomic mass is 10.1. The summed E-state index contributed by atoms with van der Waals surface area (Å²) in [5.41, 5.74) is 2.67. The molecule has 1 N–H and O–H groups in total. The third-order valence-corrected chi connectivity index (χ3v) is 4.76. The molecule has 2 atom stereocenters. The third kappa shape index (κ3) is 3.56. The summed E-state index contributed by atoms with van der Waals surface area (Å²) in [5.74, 6) is -0.338. The minimum Gasteiger partial charge on any atom is -0.274 e. The maximum Gasteiger partial charge on any atom is 0.239 e. The Morgan fingerprint density at radius 1 is 1.37 bits per heavy atom. The molecule has 0 aromatic heterocycles. The average molecular weight is 281 g/mol. The van der Waals surface area contributed by atoms with Crippen LogP contribution >= 0.6 is 0 Å². The van der Waals surface area contributed by atoms with Gasteiger partial charge in [-0.25, -0.2) is 8.42 Å². The standard InChI is InChI=1S/C14H19NO3S/c1-9-4-5-10(2)12(6-9)8-19(17,18)15-14(16)13-7-11(13)3/h4-6,11,13H,7-8H2,1-3H3,(H,15,16). The van der Waals surface area contributed by atoms with E-state index < -0.39 is 10.0 Å². The zero-order chi connectivity index (χ0) is 14.2. The van der Waals surface area contributed by atoms with E-state index in [0.717, 1.165) is 23.1 Å². The lowest BCUT2D eigenvalue weighted by Crippen LogP contribution is -2.33. The van der Waals surface area contributed by atoms with Crippen molar-refractivity contribution in [3.8, 4) is 0 Å². The molecule has 2 rings (SSSR count). The Kier molecular flexibility index (Phi) is 3.67. The largest absolute Gasteiger partial charge is 0.274 e. The molecular weight excluding hydrogens is 262 g/mol. The Bertz CT molecular complexity index is 607. The van der Waals surface area contributed by atoms with Gasteiger partial charge in [0.2, 0.25) is 15.9 Å². The van der Waals surface area contributed by atoms with Crippen LogP contribution in [0.2, 0.25) is 0 Å². The topological polar surface area (TPSA) is 63.2 Å². The van der Waals surface area contributed by atoms with E-state index in [-0.39, 0.29) is 17.6 Å². The van der Waals surface area contributed by atoms with E-state index in [4.69, 9.17) is 0 Å². The van der Waals surface area contributed by atoms with Crippen molar-refractivity contribution in [3.05, 3.63) is 34.9 Å². The predicted octanol–water partition coefficient (Wildman–Crippen LogP) is 1.91. The Morgan fingerprint density at radius 2 is 2.00 bits per heavy atom. The number of hydrogen-bond acceptors (Lipinski definition) is 3. The van der Waals surface area contributed by atoms with Crippen LogP contribution in [-0.2, 0) is 20.6 Å². The van der Waals surface area contributed by atoms with E-state index >= 15 is 0 Å². The molecule has 1 amide bonds. The molecule has 5 heteroatoms. The van der Waals surface area contributed by atoms with Crippen molar-refractivity contribution in [1.82, 2.24) is 4.72 Å². The summed E-state index contributed by atoms with van der Waals surface area (Å²) in [6, 6.07) is 5.68. The number of carbonyl (C=O) groups excluding carboxylic acids is 1. The highest BCUT2D eigenvalue weighted by molar-refractivity contribution is 7.89. The normalized spacial score (nSPS) is 22.1. The fraction of sp³-hybridized carbons (Fsp3) is 0.500. The van der Waals surface area contributed by atoms with Crippen molar-refractivity contribution in [2.45, 2.75) is 32.9 Å². The quantitative estimate of drug-likeness (QED) is 0.917. The maximum atomic E-state index is 12.0. The van der Waals surface area contributed by atoms with Crippen molar-refractivity contribution in [1.29, 1.82) is 0 Å². The molecule has 4 nitrogen and oxygen atoms in total. The predicted molar refractivity (Wildman–Crippen MR) is 74.0 cm³/mol. The van der Waals surface area contributed by atoms with Crippen LogP contribution in [0.5, 0.6) is 0 Å². The molecule has 0 bridgehead atoms. The smallest absolute Gasteiger partial charge is 0.239 e. The summed E-state index contributed by atoms with van der Waals surface area (Å²) in [6.07, 6.45) is 0.783. The first-order valence-electron chi connectivity index (χ1n) is 6.39. The summed E-state index contributed by atoms with van der Waals surface area (Å²) in [7, 11) is -3.60. The highest BCUT2D eigenvalue weighted by Gasteiger charge is 2.40. The molecule has 2 unspecified atom stereocenters. The van der Waals surface area contributed by atoms with Crippen molar-refractivity contribution < 1.29 is 13.2 Å². The number of aryl methyl sites for hydroxylation is 2. The molecule has 0 saturated heterocycles. The second kappa shape index (κ2) is 4.96. The fourth-order valence-electron chi connectivity index (χ4n) is 2.11. The van der Waals surface area contributed by atoms with Crippen LogP contribution in [-0.4, -0.2) is 14.3 Å². The molecule has 19 heavy (non-hydrogen) atoms. The number of rotatable bonds is 4. The SMILES string of the molecule is Cc1ccc(C)c(CS(=O)(=O)NC(=O)C2CC2C)c1. The first-order valence-corrected chi connectivity index (χ1v) is 8.04. The van der Waals surface area contributed by atoms with Crippen LogP contribution in [0.3, 0.4) is 0 Å². The van der Waals surface area contributed by atoms with Crippen LogP contribution in [0.25, 0.3) is 0 Å². The van der Waals surface area contributed by atoms with Gasteiger partial charge in [-0.15, -0.1) is 0 Å². The van der Waals surface area contributed by atoms with E-state index in [1.807, 2.05) is 39.0 Å². The van der Waals surface area contributed by atoms with Gasteiger partial charge in [0, 0.05) is 5.92 Å². The summed E-state index contributed by atoms with van der Waals surface area (Å²) in [6.45, 7) is 5.73. The molecule has 1 saturated carbocycles. The maximum absolute atomic E-state index is 12.0. The highest BCUT2D eigenvalue weighted by atomic mass is 32.2. The Morgan fingerprint density at radius 3 is 2.58 bits per heavy atom. The molecule has 1 fully saturated rings. The van der Waals surface area contributed by atoms with Crippen molar-refractivity contribution in [2.75, 3.05) is 0 Å². The van der Waals surface area contributed by atoms with Crippen molar-refractivity contribution >= 4 is 15.9 Å². The van der Waals surface area contributed by atoms with E-state index in [2.05, 4.69) is 4.72 Å². The second-order valence-corrected chi connectivity index (χ2v) is 7.20. The van der Waals surface area contributed by atoms with Gasteiger partial charge in [-0.1, -0.05) is 30.7 Å². The van der Waals surface area contributed by atoms with Crippen LogP contribution in [0, 0.1) is 25.7 Å². The number of amides is 1. The van der Waals surface area contributed by atoms with Gasteiger partial charge in [-0.2, -0.15) is 0 Å². The van der Waals surface area contributed by atoms with Crippen LogP contribution in [0.4, 0.5) is 0 Å². The average Bonchev–Trinajstić information content (AvgIpc) is 3.00. The monoisotopic (exact) mass is 281 g/mol. The van der Waals surface area contributed by atoms with E-state index in [1.165, 1.54) is 0 Å². The number of sulfonamides is 1. The number of hydrogen-bond donors (Lipinski definition) is 1. The lowest BCUT2D eigenvalue weighted by Gasteiger charge is -2.09. The van der Waals surface area contributed by atoms with Gasteiger partial charge in [0.25, 0.3) is 0 Å². The van der Waals surface area contributed by atoms with Crippen LogP contribution in [0.15, 0.2) is 18.2 Å². The van der Waals surface area contributed by atoms with Gasteiger partial charge < -0.3 is 0 Å². The first kappa shape index (κ1) is 14.1. The molecule has 1 aliphatic carbocycles. The molecule has 0 radical (unpaired) electrons. The molecule has 0 heterocycles. The van der Waals surface area contributed by atoms with Gasteiger partial charge >= 0.3 is 0 Å². The number of nitrogens with one attached hydrogen (secondary N) is 1. The molecule has 1 aromatic carbocycles. The van der Waals surface area contributed by atoms with E-state index in [0.29, 0.717) is 5.92 Å². The zero-order valence-electron chi connectivity index (χ0n) is 11.4. The summed E-state index contributed by atoms with van der Waals surface area (Å²) in [5, 5.41) is 0. The van der Waals surface area contributed by atoms with Gasteiger partial charge in [-0.05, 0) is 37.3 Å². The van der Waals surface area contributed by atoms with E-state index in [9.17, 15) is 13.2 Å². The Hall–Kier alpha value is -1.36.